The summed E-state index contributed by atoms with van der Waals surface area (Å²) in [5.41, 5.74) is 1.08. The summed E-state index contributed by atoms with van der Waals surface area (Å²) in [6.07, 6.45) is 4.64. The molecule has 1 aliphatic carbocycles. The van der Waals surface area contributed by atoms with Crippen LogP contribution in [0.3, 0.4) is 0 Å². The van der Waals surface area contributed by atoms with Crippen molar-refractivity contribution in [2.75, 3.05) is 6.54 Å². The van der Waals surface area contributed by atoms with Gasteiger partial charge in [-0.1, -0.05) is 20.8 Å². The summed E-state index contributed by atoms with van der Waals surface area (Å²) < 4.78 is 19.4. The topological polar surface area (TPSA) is 21.3 Å². The Hall–Kier alpha value is -1.09. The van der Waals surface area contributed by atoms with Crippen LogP contribution in [0.5, 0.6) is 5.75 Å². The maximum absolute atomic E-state index is 13.2. The highest BCUT2D eigenvalue weighted by Gasteiger charge is 2.54. The van der Waals surface area contributed by atoms with Gasteiger partial charge in [0, 0.05) is 17.9 Å². The van der Waals surface area contributed by atoms with Crippen molar-refractivity contribution >= 4 is 0 Å². The lowest BCUT2D eigenvalue weighted by molar-refractivity contribution is -0.0861. The number of benzene rings is 1. The Balaban J connectivity index is 2.09. The summed E-state index contributed by atoms with van der Waals surface area (Å²) in [7, 11) is 0. The third kappa shape index (κ3) is 3.08. The first-order valence-corrected chi connectivity index (χ1v) is 8.23. The van der Waals surface area contributed by atoms with E-state index in [9.17, 15) is 4.39 Å². The molecule has 2 nitrogen and oxygen atoms in total. The summed E-state index contributed by atoms with van der Waals surface area (Å²) in [4.78, 5) is 0. The Kier molecular flexibility index (Phi) is 5.26. The predicted octanol–water partition coefficient (Wildman–Crippen LogP) is 4.46. The molecule has 21 heavy (non-hydrogen) atoms. The highest BCUT2D eigenvalue weighted by molar-refractivity contribution is 5.33. The van der Waals surface area contributed by atoms with Crippen molar-refractivity contribution < 1.29 is 9.13 Å². The van der Waals surface area contributed by atoms with E-state index in [4.69, 9.17) is 4.74 Å². The Morgan fingerprint density at radius 3 is 2.57 bits per heavy atom. The van der Waals surface area contributed by atoms with Crippen LogP contribution in [0.4, 0.5) is 4.39 Å². The van der Waals surface area contributed by atoms with E-state index >= 15 is 0 Å². The van der Waals surface area contributed by atoms with Gasteiger partial charge in [-0.15, -0.1) is 0 Å². The average Bonchev–Trinajstić information content (AvgIpc) is 2.45. The summed E-state index contributed by atoms with van der Waals surface area (Å²) in [5.74, 6) is 0.620. The van der Waals surface area contributed by atoms with Crippen LogP contribution in [0.2, 0.25) is 0 Å². The normalized spacial score (nSPS) is 23.7. The number of nitrogens with one attached hydrogen (secondary N) is 1. The van der Waals surface area contributed by atoms with Crippen LogP contribution >= 0.6 is 0 Å². The molecule has 0 heterocycles. The first-order chi connectivity index (χ1) is 10.1. The number of hydrogen-bond acceptors (Lipinski definition) is 2. The number of hydrogen-bond donors (Lipinski definition) is 1. The van der Waals surface area contributed by atoms with E-state index in [1.165, 1.54) is 6.07 Å². The number of aryl methyl sites for hydroxylation is 1. The molecule has 118 valence electrons. The molecule has 0 aliphatic heterocycles. The van der Waals surface area contributed by atoms with Gasteiger partial charge in [0.2, 0.25) is 0 Å². The molecule has 1 aromatic carbocycles. The molecule has 0 amide bonds. The monoisotopic (exact) mass is 293 g/mol. The van der Waals surface area contributed by atoms with Gasteiger partial charge in [-0.2, -0.15) is 0 Å². The molecule has 1 aliphatic rings. The Bertz CT molecular complexity index is 470. The molecule has 0 spiro atoms. The second kappa shape index (κ2) is 6.78. The zero-order chi connectivity index (χ0) is 15.5. The molecule has 0 radical (unpaired) electrons. The highest BCUT2D eigenvalue weighted by Crippen LogP contribution is 2.49. The summed E-state index contributed by atoms with van der Waals surface area (Å²) in [6.45, 7) is 9.66. The minimum atomic E-state index is -0.201. The third-order valence-electron chi connectivity index (χ3n) is 5.15. The minimum absolute atomic E-state index is 0.201. The minimum Gasteiger partial charge on any atom is -0.489 e. The average molecular weight is 293 g/mol. The maximum Gasteiger partial charge on any atom is 0.123 e. The maximum atomic E-state index is 13.2. The van der Waals surface area contributed by atoms with E-state index in [1.54, 1.807) is 12.1 Å². The van der Waals surface area contributed by atoms with E-state index in [0.717, 1.165) is 43.5 Å². The molecular formula is C18H28FNO. The van der Waals surface area contributed by atoms with Crippen LogP contribution in [-0.2, 0) is 0 Å². The van der Waals surface area contributed by atoms with Crippen molar-refractivity contribution in [2.24, 2.45) is 5.41 Å². The van der Waals surface area contributed by atoms with Crippen LogP contribution in [0, 0.1) is 18.2 Å². The van der Waals surface area contributed by atoms with Gasteiger partial charge in [0.15, 0.2) is 0 Å². The zero-order valence-corrected chi connectivity index (χ0v) is 13.7. The Morgan fingerprint density at radius 1 is 1.29 bits per heavy atom. The second-order valence-electron chi connectivity index (χ2n) is 6.20. The molecule has 1 fully saturated rings. The Labute approximate surface area is 128 Å². The van der Waals surface area contributed by atoms with Crippen LogP contribution in [0.15, 0.2) is 18.2 Å². The van der Waals surface area contributed by atoms with Gasteiger partial charge in [0.1, 0.15) is 17.7 Å². The molecule has 2 rings (SSSR count). The molecule has 1 aromatic rings. The second-order valence-corrected chi connectivity index (χ2v) is 6.20. The van der Waals surface area contributed by atoms with E-state index in [0.29, 0.717) is 6.04 Å². The lowest BCUT2D eigenvalue weighted by Gasteiger charge is -2.55. The smallest absolute Gasteiger partial charge is 0.123 e. The quantitative estimate of drug-likeness (QED) is 0.801. The molecule has 3 heteroatoms. The van der Waals surface area contributed by atoms with Crippen LogP contribution in [0.1, 0.15) is 52.0 Å². The summed E-state index contributed by atoms with van der Waals surface area (Å²) >= 11 is 0. The van der Waals surface area contributed by atoms with Gasteiger partial charge >= 0.3 is 0 Å². The predicted molar refractivity (Wildman–Crippen MR) is 85.3 cm³/mol. The molecule has 0 aromatic heterocycles. The zero-order valence-electron chi connectivity index (χ0n) is 13.7. The molecule has 0 bridgehead atoms. The van der Waals surface area contributed by atoms with Crippen molar-refractivity contribution in [3.8, 4) is 5.75 Å². The molecular weight excluding hydrogens is 265 g/mol. The fourth-order valence-corrected chi connectivity index (χ4v) is 3.61. The largest absolute Gasteiger partial charge is 0.489 e. The standard InChI is InChI=1S/C18H28FNO/c1-5-10-20-16-12-17(18(16,6-2)7-3)21-15-9-8-14(19)11-13(15)4/h8-9,11,16-17,20H,5-7,10,12H2,1-4H3. The van der Waals surface area contributed by atoms with Gasteiger partial charge in [-0.25, -0.2) is 4.39 Å². The van der Waals surface area contributed by atoms with Crippen molar-refractivity contribution in [1.29, 1.82) is 0 Å². The van der Waals surface area contributed by atoms with Crippen molar-refractivity contribution in [3.63, 3.8) is 0 Å². The summed E-state index contributed by atoms with van der Waals surface area (Å²) in [5, 5.41) is 3.66. The molecule has 1 saturated carbocycles. The first kappa shape index (κ1) is 16.3. The van der Waals surface area contributed by atoms with Gasteiger partial charge < -0.3 is 10.1 Å². The Morgan fingerprint density at radius 2 is 2.00 bits per heavy atom. The van der Waals surface area contributed by atoms with Gasteiger partial charge in [-0.3, -0.25) is 0 Å². The molecule has 2 atom stereocenters. The van der Waals surface area contributed by atoms with Gasteiger partial charge in [0.25, 0.3) is 0 Å². The van der Waals surface area contributed by atoms with Crippen LogP contribution in [-0.4, -0.2) is 18.7 Å². The molecule has 0 saturated heterocycles. The van der Waals surface area contributed by atoms with E-state index < -0.39 is 0 Å². The van der Waals surface area contributed by atoms with Gasteiger partial charge in [-0.05, 0) is 56.5 Å². The number of ether oxygens (including phenoxy) is 1. The van der Waals surface area contributed by atoms with Crippen molar-refractivity contribution in [2.45, 2.75) is 65.5 Å². The van der Waals surface area contributed by atoms with E-state index in [-0.39, 0.29) is 17.3 Å². The van der Waals surface area contributed by atoms with Crippen molar-refractivity contribution in [3.05, 3.63) is 29.6 Å². The van der Waals surface area contributed by atoms with Gasteiger partial charge in [0.05, 0.1) is 0 Å². The van der Waals surface area contributed by atoms with E-state index in [2.05, 4.69) is 26.1 Å². The van der Waals surface area contributed by atoms with Crippen LogP contribution in [0.25, 0.3) is 0 Å². The lowest BCUT2D eigenvalue weighted by Crippen LogP contribution is -2.64. The first-order valence-electron chi connectivity index (χ1n) is 8.23. The number of rotatable bonds is 7. The van der Waals surface area contributed by atoms with Crippen molar-refractivity contribution in [1.82, 2.24) is 5.32 Å². The molecule has 1 N–H and O–H groups in total. The summed E-state index contributed by atoms with van der Waals surface area (Å²) in [6, 6.07) is 5.32. The number of halogens is 1. The fourth-order valence-electron chi connectivity index (χ4n) is 3.61. The highest BCUT2D eigenvalue weighted by atomic mass is 19.1. The SMILES string of the molecule is CCCNC1CC(Oc2ccc(F)cc2C)C1(CC)CC. The third-order valence-corrected chi connectivity index (χ3v) is 5.15. The lowest BCUT2D eigenvalue weighted by atomic mass is 9.58. The van der Waals surface area contributed by atoms with Crippen LogP contribution < -0.4 is 10.1 Å². The fraction of sp³-hybridized carbons (Fsp3) is 0.667. The van der Waals surface area contributed by atoms with E-state index in [1.807, 2.05) is 6.92 Å². The molecule has 2 unspecified atom stereocenters.